The molecule has 144 valence electrons. The molecule has 0 radical (unpaired) electrons. The molecule has 2 heterocycles. The first-order valence-electron chi connectivity index (χ1n) is 9.82. The fraction of sp³-hybridized carbons (Fsp3) is 0.348. The molecule has 0 spiro atoms. The van der Waals surface area contributed by atoms with Crippen LogP contribution in [0, 0.1) is 13.8 Å². The number of hydrogen-bond donors (Lipinski definition) is 0. The third-order valence-electron chi connectivity index (χ3n) is 5.18. The van der Waals surface area contributed by atoms with Gasteiger partial charge in [0.2, 0.25) is 11.8 Å². The summed E-state index contributed by atoms with van der Waals surface area (Å²) in [6.07, 6.45) is 2.26. The molecule has 1 fully saturated rings. The van der Waals surface area contributed by atoms with E-state index in [0.717, 1.165) is 36.0 Å². The second kappa shape index (κ2) is 7.97. The van der Waals surface area contributed by atoms with Gasteiger partial charge >= 0.3 is 0 Å². The Hall–Kier alpha value is -2.95. The van der Waals surface area contributed by atoms with Crippen molar-refractivity contribution in [3.05, 3.63) is 65.6 Å². The van der Waals surface area contributed by atoms with Crippen molar-refractivity contribution in [1.82, 2.24) is 14.9 Å². The van der Waals surface area contributed by atoms with Gasteiger partial charge in [0, 0.05) is 18.3 Å². The maximum Gasteiger partial charge on any atom is 0.227 e. The maximum atomic E-state index is 13.0. The van der Waals surface area contributed by atoms with Crippen molar-refractivity contribution in [3.8, 4) is 5.88 Å². The van der Waals surface area contributed by atoms with Crippen LogP contribution < -0.4 is 4.74 Å². The van der Waals surface area contributed by atoms with Crippen LogP contribution in [0.3, 0.4) is 0 Å². The molecule has 0 saturated carbocycles. The van der Waals surface area contributed by atoms with Crippen molar-refractivity contribution in [2.45, 2.75) is 39.2 Å². The van der Waals surface area contributed by atoms with Gasteiger partial charge in [-0.1, -0.05) is 42.5 Å². The van der Waals surface area contributed by atoms with Crippen molar-refractivity contribution in [1.29, 1.82) is 0 Å². The minimum absolute atomic E-state index is 0.0288. The largest absolute Gasteiger partial charge is 0.472 e. The van der Waals surface area contributed by atoms with E-state index in [4.69, 9.17) is 4.74 Å². The van der Waals surface area contributed by atoms with Gasteiger partial charge in [-0.15, -0.1) is 0 Å². The van der Waals surface area contributed by atoms with E-state index in [9.17, 15) is 4.79 Å². The van der Waals surface area contributed by atoms with Crippen LogP contribution in [0.5, 0.6) is 5.88 Å². The Bertz CT molecular complexity index is 977. The number of nitrogens with zero attached hydrogens (tertiary/aromatic N) is 3. The zero-order valence-corrected chi connectivity index (χ0v) is 16.4. The van der Waals surface area contributed by atoms with Crippen LogP contribution >= 0.6 is 0 Å². The van der Waals surface area contributed by atoms with E-state index in [2.05, 4.69) is 28.2 Å². The van der Waals surface area contributed by atoms with Gasteiger partial charge in [0.15, 0.2) is 0 Å². The topological polar surface area (TPSA) is 55.3 Å². The number of ether oxygens (including phenoxy) is 1. The fourth-order valence-electron chi connectivity index (χ4n) is 3.90. The summed E-state index contributed by atoms with van der Waals surface area (Å²) in [5.41, 5.74) is 1.97. The molecule has 1 aromatic heterocycles. The number of aryl methyl sites for hydroxylation is 2. The Morgan fingerprint density at radius 2 is 1.96 bits per heavy atom. The average Bonchev–Trinajstić information content (AvgIpc) is 2.68. The highest BCUT2D eigenvalue weighted by molar-refractivity contribution is 5.90. The summed E-state index contributed by atoms with van der Waals surface area (Å²) in [5.74, 6) is 1.45. The van der Waals surface area contributed by atoms with Crippen LogP contribution in [0.2, 0.25) is 0 Å². The molecule has 1 unspecified atom stereocenters. The lowest BCUT2D eigenvalue weighted by Crippen LogP contribution is -2.45. The Morgan fingerprint density at radius 3 is 2.82 bits per heavy atom. The molecule has 1 amide bonds. The SMILES string of the molecule is Cc1cc(OC2CCCN(C(=O)Cc3cccc4ccccc34)C2)nc(C)n1. The van der Waals surface area contributed by atoms with Crippen LogP contribution in [-0.2, 0) is 11.2 Å². The van der Waals surface area contributed by atoms with Crippen LogP contribution in [0.4, 0.5) is 0 Å². The third-order valence-corrected chi connectivity index (χ3v) is 5.18. The first-order chi connectivity index (χ1) is 13.6. The molecule has 5 nitrogen and oxygen atoms in total. The summed E-state index contributed by atoms with van der Waals surface area (Å²) in [6, 6.07) is 16.2. The van der Waals surface area contributed by atoms with Crippen molar-refractivity contribution in [2.24, 2.45) is 0 Å². The quantitative estimate of drug-likeness (QED) is 0.695. The van der Waals surface area contributed by atoms with Gasteiger partial charge in [0.25, 0.3) is 0 Å². The lowest BCUT2D eigenvalue weighted by atomic mass is 10.0. The van der Waals surface area contributed by atoms with Crippen molar-refractivity contribution < 1.29 is 9.53 Å². The number of carbonyl (C=O) groups is 1. The van der Waals surface area contributed by atoms with E-state index < -0.39 is 0 Å². The molecule has 1 saturated heterocycles. The van der Waals surface area contributed by atoms with E-state index in [1.54, 1.807) is 0 Å². The second-order valence-corrected chi connectivity index (χ2v) is 7.43. The lowest BCUT2D eigenvalue weighted by Gasteiger charge is -2.33. The zero-order chi connectivity index (χ0) is 19.5. The molecular formula is C23H25N3O2. The van der Waals surface area contributed by atoms with Gasteiger partial charge in [0.05, 0.1) is 13.0 Å². The van der Waals surface area contributed by atoms with Crippen LogP contribution in [0.15, 0.2) is 48.5 Å². The molecule has 3 aromatic rings. The van der Waals surface area contributed by atoms with Crippen LogP contribution in [-0.4, -0.2) is 40.0 Å². The summed E-state index contributed by atoms with van der Waals surface area (Å²) < 4.78 is 6.07. The number of fused-ring (bicyclic) bond motifs is 1. The highest BCUT2D eigenvalue weighted by Gasteiger charge is 2.25. The standard InChI is InChI=1S/C23H25N3O2/c1-16-13-22(25-17(2)24-16)28-20-10-6-12-26(15-20)23(27)14-19-9-5-8-18-7-3-4-11-21(18)19/h3-5,7-9,11,13,20H,6,10,12,14-15H2,1-2H3. The lowest BCUT2D eigenvalue weighted by molar-refractivity contribution is -0.133. The molecule has 0 aliphatic carbocycles. The molecule has 5 heteroatoms. The van der Waals surface area contributed by atoms with Crippen molar-refractivity contribution >= 4 is 16.7 Å². The molecule has 1 aliphatic rings. The molecule has 0 bridgehead atoms. The first kappa shape index (κ1) is 18.4. The van der Waals surface area contributed by atoms with Gasteiger partial charge in [-0.05, 0) is 43.0 Å². The Kier molecular flexibility index (Phi) is 5.24. The maximum absolute atomic E-state index is 13.0. The molecule has 1 atom stereocenters. The number of likely N-dealkylation sites (tertiary alicyclic amines) is 1. The van der Waals surface area contributed by atoms with E-state index >= 15 is 0 Å². The van der Waals surface area contributed by atoms with Gasteiger partial charge in [-0.2, -0.15) is 4.98 Å². The van der Waals surface area contributed by atoms with Gasteiger partial charge in [-0.3, -0.25) is 4.79 Å². The number of amides is 1. The zero-order valence-electron chi connectivity index (χ0n) is 16.4. The van der Waals surface area contributed by atoms with E-state index in [-0.39, 0.29) is 12.0 Å². The number of hydrogen-bond acceptors (Lipinski definition) is 4. The summed E-state index contributed by atoms with van der Waals surface area (Å²) in [7, 11) is 0. The van der Waals surface area contributed by atoms with Crippen LogP contribution in [0.25, 0.3) is 10.8 Å². The number of benzene rings is 2. The van der Waals surface area contributed by atoms with Crippen molar-refractivity contribution in [3.63, 3.8) is 0 Å². The predicted octanol–water partition coefficient (Wildman–Crippen LogP) is 3.86. The second-order valence-electron chi connectivity index (χ2n) is 7.43. The highest BCUT2D eigenvalue weighted by atomic mass is 16.5. The normalized spacial score (nSPS) is 16.9. The summed E-state index contributed by atoms with van der Waals surface area (Å²) in [6.45, 7) is 5.18. The summed E-state index contributed by atoms with van der Waals surface area (Å²) >= 11 is 0. The smallest absolute Gasteiger partial charge is 0.227 e. The number of rotatable bonds is 4. The highest BCUT2D eigenvalue weighted by Crippen LogP contribution is 2.22. The minimum atomic E-state index is -0.0288. The van der Waals surface area contributed by atoms with Gasteiger partial charge < -0.3 is 9.64 Å². The molecule has 2 aromatic carbocycles. The predicted molar refractivity (Wildman–Crippen MR) is 109 cm³/mol. The molecule has 28 heavy (non-hydrogen) atoms. The monoisotopic (exact) mass is 375 g/mol. The minimum Gasteiger partial charge on any atom is -0.472 e. The van der Waals surface area contributed by atoms with E-state index in [1.807, 2.05) is 49.1 Å². The average molecular weight is 375 g/mol. The van der Waals surface area contributed by atoms with E-state index in [0.29, 0.717) is 24.7 Å². The van der Waals surface area contributed by atoms with Gasteiger partial charge in [-0.25, -0.2) is 4.98 Å². The number of piperidine rings is 1. The van der Waals surface area contributed by atoms with Crippen LogP contribution in [0.1, 0.15) is 29.9 Å². The first-order valence-corrected chi connectivity index (χ1v) is 9.82. The number of carbonyl (C=O) groups excluding carboxylic acids is 1. The Labute approximate surface area is 165 Å². The summed E-state index contributed by atoms with van der Waals surface area (Å²) in [4.78, 5) is 23.5. The molecule has 0 N–H and O–H groups in total. The third kappa shape index (κ3) is 4.14. The fourth-order valence-corrected chi connectivity index (χ4v) is 3.90. The summed E-state index contributed by atoms with van der Waals surface area (Å²) in [5, 5.41) is 2.32. The van der Waals surface area contributed by atoms with E-state index in [1.165, 1.54) is 5.39 Å². The van der Waals surface area contributed by atoms with Gasteiger partial charge in [0.1, 0.15) is 11.9 Å². The Morgan fingerprint density at radius 1 is 1.14 bits per heavy atom. The number of aromatic nitrogens is 2. The molecule has 4 rings (SSSR count). The molecular weight excluding hydrogens is 350 g/mol. The van der Waals surface area contributed by atoms with Crippen molar-refractivity contribution in [2.75, 3.05) is 13.1 Å². The Balaban J connectivity index is 1.44. The molecule has 1 aliphatic heterocycles.